The van der Waals surface area contributed by atoms with Gasteiger partial charge in [0.05, 0.1) is 18.5 Å². The number of hydrogen-bond acceptors (Lipinski definition) is 4. The number of non-ortho nitro benzene ring substituents is 1. The van der Waals surface area contributed by atoms with Gasteiger partial charge in [0.1, 0.15) is 0 Å². The molecule has 0 radical (unpaired) electrons. The highest BCUT2D eigenvalue weighted by Gasteiger charge is 2.17. The van der Waals surface area contributed by atoms with Gasteiger partial charge >= 0.3 is 5.97 Å². The number of ether oxygens (including phenoxy) is 1. The van der Waals surface area contributed by atoms with E-state index in [-0.39, 0.29) is 24.0 Å². The molecule has 0 aliphatic carbocycles. The minimum absolute atomic E-state index is 0.0395. The summed E-state index contributed by atoms with van der Waals surface area (Å²) in [4.78, 5) is 21.4. The number of methoxy groups -OCH3 is 1. The van der Waals surface area contributed by atoms with E-state index in [4.69, 9.17) is 0 Å². The van der Waals surface area contributed by atoms with E-state index in [0.29, 0.717) is 0 Å². The van der Waals surface area contributed by atoms with Crippen LogP contribution in [0.4, 0.5) is 5.69 Å². The van der Waals surface area contributed by atoms with E-state index in [1.807, 2.05) is 6.92 Å². The van der Waals surface area contributed by atoms with Crippen molar-refractivity contribution in [3.8, 4) is 0 Å². The van der Waals surface area contributed by atoms with Gasteiger partial charge in [0.25, 0.3) is 5.69 Å². The highest BCUT2D eigenvalue weighted by Crippen LogP contribution is 2.26. The third-order valence-electron chi connectivity index (χ3n) is 2.69. The van der Waals surface area contributed by atoms with E-state index in [1.54, 1.807) is 12.1 Å². The molecule has 17 heavy (non-hydrogen) atoms. The number of hydrogen-bond donors (Lipinski definition) is 0. The summed E-state index contributed by atoms with van der Waals surface area (Å²) in [7, 11) is 1.34. The van der Waals surface area contributed by atoms with Crippen molar-refractivity contribution in [1.82, 2.24) is 0 Å². The quantitative estimate of drug-likeness (QED) is 0.448. The van der Waals surface area contributed by atoms with Crippen molar-refractivity contribution in [3.63, 3.8) is 0 Å². The molecule has 5 nitrogen and oxygen atoms in total. The average Bonchev–Trinajstić information content (AvgIpc) is 2.35. The number of esters is 1. The lowest BCUT2D eigenvalue weighted by atomic mass is 9.93. The third kappa shape index (κ3) is 3.55. The first kappa shape index (κ1) is 13.2. The maximum atomic E-state index is 11.2. The summed E-state index contributed by atoms with van der Waals surface area (Å²) in [5.41, 5.74) is 0.845. The Morgan fingerprint density at radius 2 is 2.24 bits per heavy atom. The molecule has 0 unspecified atom stereocenters. The largest absolute Gasteiger partial charge is 0.469 e. The summed E-state index contributed by atoms with van der Waals surface area (Å²) >= 11 is 0. The summed E-state index contributed by atoms with van der Waals surface area (Å²) in [6.45, 7) is 1.94. The number of carbonyl (C=O) groups excluding carboxylic acids is 1. The van der Waals surface area contributed by atoms with Gasteiger partial charge in [-0.25, -0.2) is 0 Å². The summed E-state index contributed by atoms with van der Waals surface area (Å²) in [5.74, 6) is -0.342. The fourth-order valence-corrected chi connectivity index (χ4v) is 1.67. The summed E-state index contributed by atoms with van der Waals surface area (Å²) in [6.07, 6.45) is 0.977. The molecule has 0 N–H and O–H groups in total. The molecule has 1 atom stereocenters. The van der Waals surface area contributed by atoms with Gasteiger partial charge in [-0.2, -0.15) is 0 Å². The molecular formula is C12H15NO4. The Hall–Kier alpha value is -1.91. The van der Waals surface area contributed by atoms with Gasteiger partial charge in [0.15, 0.2) is 0 Å². The Morgan fingerprint density at radius 3 is 2.76 bits per heavy atom. The van der Waals surface area contributed by atoms with Crippen molar-refractivity contribution in [3.05, 3.63) is 39.9 Å². The highest BCUT2D eigenvalue weighted by molar-refractivity contribution is 5.70. The van der Waals surface area contributed by atoms with E-state index >= 15 is 0 Å². The first-order valence-electron chi connectivity index (χ1n) is 5.39. The Balaban J connectivity index is 2.91. The van der Waals surface area contributed by atoms with E-state index in [1.165, 1.54) is 19.2 Å². The smallest absolute Gasteiger partial charge is 0.306 e. The summed E-state index contributed by atoms with van der Waals surface area (Å²) in [5, 5.41) is 10.7. The van der Waals surface area contributed by atoms with Crippen LogP contribution in [0.5, 0.6) is 0 Å². The predicted octanol–water partition coefficient (Wildman–Crippen LogP) is 2.65. The second-order valence-corrected chi connectivity index (χ2v) is 3.74. The second-order valence-electron chi connectivity index (χ2n) is 3.74. The minimum atomic E-state index is -0.436. The molecule has 0 aliphatic rings. The molecule has 0 aromatic heterocycles. The van der Waals surface area contributed by atoms with Crippen LogP contribution in [-0.2, 0) is 9.53 Å². The number of rotatable bonds is 5. The van der Waals surface area contributed by atoms with Crippen LogP contribution in [0.15, 0.2) is 24.3 Å². The molecule has 0 aliphatic heterocycles. The standard InChI is InChI=1S/C12H15NO4/c1-3-9(8-12(14)17-2)10-5-4-6-11(7-10)13(15)16/h4-7,9H,3,8H2,1-2H3/t9-/m1/s1. The number of nitrogens with zero attached hydrogens (tertiary/aromatic N) is 1. The van der Waals surface area contributed by atoms with Crippen molar-refractivity contribution < 1.29 is 14.5 Å². The average molecular weight is 237 g/mol. The fraction of sp³-hybridized carbons (Fsp3) is 0.417. The van der Waals surface area contributed by atoms with Gasteiger partial charge in [-0.3, -0.25) is 14.9 Å². The molecule has 0 bridgehead atoms. The molecule has 5 heteroatoms. The lowest BCUT2D eigenvalue weighted by Gasteiger charge is -2.13. The van der Waals surface area contributed by atoms with Crippen LogP contribution in [-0.4, -0.2) is 18.0 Å². The van der Waals surface area contributed by atoms with Crippen molar-refractivity contribution in [2.45, 2.75) is 25.7 Å². The number of benzene rings is 1. The molecule has 1 aromatic carbocycles. The minimum Gasteiger partial charge on any atom is -0.469 e. The van der Waals surface area contributed by atoms with Crippen LogP contribution >= 0.6 is 0 Å². The Kier molecular flexibility index (Phi) is 4.63. The number of nitro groups is 1. The Morgan fingerprint density at radius 1 is 1.53 bits per heavy atom. The maximum absolute atomic E-state index is 11.2. The van der Waals surface area contributed by atoms with Gasteiger partial charge in [0.2, 0.25) is 0 Å². The van der Waals surface area contributed by atoms with E-state index in [0.717, 1.165) is 12.0 Å². The molecule has 0 heterocycles. The molecule has 1 rings (SSSR count). The topological polar surface area (TPSA) is 69.4 Å². The molecule has 0 spiro atoms. The van der Waals surface area contributed by atoms with Crippen molar-refractivity contribution >= 4 is 11.7 Å². The van der Waals surface area contributed by atoms with Crippen LogP contribution < -0.4 is 0 Å². The molecule has 1 aromatic rings. The molecule has 0 amide bonds. The summed E-state index contributed by atoms with van der Waals surface area (Å²) < 4.78 is 4.61. The summed E-state index contributed by atoms with van der Waals surface area (Å²) in [6, 6.07) is 6.38. The first-order chi connectivity index (χ1) is 8.08. The molecular weight excluding hydrogens is 222 g/mol. The van der Waals surface area contributed by atoms with Gasteiger partial charge in [-0.1, -0.05) is 19.1 Å². The van der Waals surface area contributed by atoms with E-state index in [2.05, 4.69) is 4.74 Å². The fourth-order valence-electron chi connectivity index (χ4n) is 1.67. The molecule has 0 fully saturated rings. The zero-order valence-corrected chi connectivity index (χ0v) is 9.88. The van der Waals surface area contributed by atoms with E-state index < -0.39 is 4.92 Å². The van der Waals surface area contributed by atoms with Crippen LogP contribution in [0.25, 0.3) is 0 Å². The number of carbonyl (C=O) groups is 1. The van der Waals surface area contributed by atoms with Crippen LogP contribution in [0.3, 0.4) is 0 Å². The van der Waals surface area contributed by atoms with E-state index in [9.17, 15) is 14.9 Å². The van der Waals surface area contributed by atoms with Crippen molar-refractivity contribution in [1.29, 1.82) is 0 Å². The molecule has 92 valence electrons. The second kappa shape index (κ2) is 5.98. The van der Waals surface area contributed by atoms with Crippen LogP contribution in [0.1, 0.15) is 31.2 Å². The van der Waals surface area contributed by atoms with Gasteiger partial charge in [-0.15, -0.1) is 0 Å². The normalized spacial score (nSPS) is 11.9. The Bertz CT molecular complexity index is 417. The first-order valence-corrected chi connectivity index (χ1v) is 5.39. The lowest BCUT2D eigenvalue weighted by molar-refractivity contribution is -0.384. The van der Waals surface area contributed by atoms with Gasteiger partial charge < -0.3 is 4.74 Å². The SMILES string of the molecule is CC[C@H](CC(=O)OC)c1cccc([N+](=O)[O-])c1. The lowest BCUT2D eigenvalue weighted by Crippen LogP contribution is -2.08. The van der Waals surface area contributed by atoms with Crippen molar-refractivity contribution in [2.24, 2.45) is 0 Å². The zero-order chi connectivity index (χ0) is 12.8. The monoisotopic (exact) mass is 237 g/mol. The third-order valence-corrected chi connectivity index (χ3v) is 2.69. The van der Waals surface area contributed by atoms with Gasteiger partial charge in [-0.05, 0) is 17.9 Å². The molecule has 0 saturated heterocycles. The van der Waals surface area contributed by atoms with Gasteiger partial charge in [0, 0.05) is 12.1 Å². The highest BCUT2D eigenvalue weighted by atomic mass is 16.6. The van der Waals surface area contributed by atoms with Crippen LogP contribution in [0, 0.1) is 10.1 Å². The predicted molar refractivity (Wildman–Crippen MR) is 62.8 cm³/mol. The van der Waals surface area contributed by atoms with Crippen molar-refractivity contribution in [2.75, 3.05) is 7.11 Å². The maximum Gasteiger partial charge on any atom is 0.306 e. The number of nitro benzene ring substituents is 1. The Labute approximate surface area is 99.5 Å². The van der Waals surface area contributed by atoms with Crippen LogP contribution in [0.2, 0.25) is 0 Å². The molecule has 0 saturated carbocycles. The zero-order valence-electron chi connectivity index (χ0n) is 9.88.